The molecule has 0 aliphatic carbocycles. The van der Waals surface area contributed by atoms with E-state index in [2.05, 4.69) is 25.9 Å². The molecule has 0 amide bonds. The highest BCUT2D eigenvalue weighted by molar-refractivity contribution is 9.10. The number of aromatic hydroxyl groups is 1. The van der Waals surface area contributed by atoms with E-state index in [-0.39, 0.29) is 5.88 Å². The van der Waals surface area contributed by atoms with Crippen molar-refractivity contribution in [2.24, 2.45) is 0 Å². The van der Waals surface area contributed by atoms with Crippen molar-refractivity contribution in [2.45, 2.75) is 0 Å². The number of rotatable bonds is 1. The van der Waals surface area contributed by atoms with Crippen LogP contribution in [0.4, 0.5) is 0 Å². The fourth-order valence-electron chi connectivity index (χ4n) is 0.996. The molecule has 3 N–H and O–H groups in total. The van der Waals surface area contributed by atoms with Gasteiger partial charge in [-0.05, 0) is 22.0 Å². The monoisotopic (exact) mass is 260 g/mol. The highest BCUT2D eigenvalue weighted by atomic mass is 79.9. The number of imidazole rings is 1. The van der Waals surface area contributed by atoms with E-state index in [4.69, 9.17) is 0 Å². The molecule has 13 heavy (non-hydrogen) atoms. The van der Waals surface area contributed by atoms with Gasteiger partial charge in [-0.2, -0.15) is 0 Å². The molecule has 0 atom stereocenters. The average molecular weight is 261 g/mol. The van der Waals surface area contributed by atoms with Crippen LogP contribution in [0.25, 0.3) is 10.6 Å². The minimum Gasteiger partial charge on any atom is -0.493 e. The van der Waals surface area contributed by atoms with Gasteiger partial charge >= 0.3 is 5.69 Å². The van der Waals surface area contributed by atoms with Gasteiger partial charge in [0.2, 0.25) is 5.88 Å². The molecule has 0 aliphatic heterocycles. The summed E-state index contributed by atoms with van der Waals surface area (Å²) in [5, 5.41) is 11.2. The molecule has 4 nitrogen and oxygen atoms in total. The maximum atomic E-state index is 10.8. The number of hydrogen-bond acceptors (Lipinski definition) is 3. The Labute approximate surface area is 85.4 Å². The summed E-state index contributed by atoms with van der Waals surface area (Å²) in [7, 11) is 0. The molecule has 2 rings (SSSR count). The van der Waals surface area contributed by atoms with E-state index in [0.29, 0.717) is 5.69 Å². The number of halogens is 1. The fourth-order valence-corrected chi connectivity index (χ4v) is 2.43. The minimum absolute atomic E-state index is 0.126. The number of H-pyrrole nitrogens is 2. The SMILES string of the molecule is O=c1[nH]c(O)c(-c2cc(Br)cs2)[nH]1. The molecule has 0 aromatic carbocycles. The number of aromatic nitrogens is 2. The van der Waals surface area contributed by atoms with Gasteiger partial charge in [-0.1, -0.05) is 0 Å². The quantitative estimate of drug-likeness (QED) is 0.733. The van der Waals surface area contributed by atoms with Gasteiger partial charge in [0.15, 0.2) is 0 Å². The van der Waals surface area contributed by atoms with E-state index in [1.54, 1.807) is 0 Å². The third kappa shape index (κ3) is 1.54. The minimum atomic E-state index is -0.406. The summed E-state index contributed by atoms with van der Waals surface area (Å²) in [6.07, 6.45) is 0. The molecule has 6 heteroatoms. The normalized spacial score (nSPS) is 10.5. The molecule has 2 aromatic heterocycles. The van der Waals surface area contributed by atoms with Gasteiger partial charge in [-0.25, -0.2) is 4.79 Å². The van der Waals surface area contributed by atoms with Crippen molar-refractivity contribution in [1.29, 1.82) is 0 Å². The molecule has 0 saturated heterocycles. The predicted octanol–water partition coefficient (Wildman–Crippen LogP) is 1.90. The molecule has 68 valence electrons. The average Bonchev–Trinajstić information content (AvgIpc) is 2.58. The van der Waals surface area contributed by atoms with Gasteiger partial charge in [-0.3, -0.25) is 4.98 Å². The lowest BCUT2D eigenvalue weighted by molar-refractivity contribution is 0.458. The van der Waals surface area contributed by atoms with Crippen LogP contribution in [-0.2, 0) is 0 Å². The van der Waals surface area contributed by atoms with Crippen LogP contribution in [0.2, 0.25) is 0 Å². The van der Waals surface area contributed by atoms with Crippen molar-refractivity contribution in [3.8, 4) is 16.5 Å². The lowest BCUT2D eigenvalue weighted by atomic mass is 10.4. The van der Waals surface area contributed by atoms with E-state index in [1.807, 2.05) is 11.4 Å². The number of nitrogens with one attached hydrogen (secondary N) is 2. The second kappa shape index (κ2) is 3.04. The second-order valence-corrected chi connectivity index (χ2v) is 4.26. The molecule has 0 fully saturated rings. The van der Waals surface area contributed by atoms with Crippen molar-refractivity contribution in [3.63, 3.8) is 0 Å². The smallest absolute Gasteiger partial charge is 0.326 e. The molecule has 0 radical (unpaired) electrons. The molecular weight excluding hydrogens is 256 g/mol. The third-order valence-electron chi connectivity index (χ3n) is 1.52. The summed E-state index contributed by atoms with van der Waals surface area (Å²) in [4.78, 5) is 16.4. The lowest BCUT2D eigenvalue weighted by Gasteiger charge is -1.90. The Kier molecular flexibility index (Phi) is 2.01. The van der Waals surface area contributed by atoms with Gasteiger partial charge < -0.3 is 10.1 Å². The topological polar surface area (TPSA) is 68.9 Å². The predicted molar refractivity (Wildman–Crippen MR) is 54.1 cm³/mol. The number of thiophene rings is 1. The third-order valence-corrected chi connectivity index (χ3v) is 3.23. The highest BCUT2D eigenvalue weighted by Crippen LogP contribution is 2.31. The Bertz CT molecular complexity index is 485. The van der Waals surface area contributed by atoms with Gasteiger partial charge in [0.1, 0.15) is 5.69 Å². The van der Waals surface area contributed by atoms with Crippen LogP contribution in [0.5, 0.6) is 5.88 Å². The second-order valence-electron chi connectivity index (χ2n) is 2.43. The Hall–Kier alpha value is -1.01. The number of hydrogen-bond donors (Lipinski definition) is 3. The molecule has 0 aliphatic rings. The van der Waals surface area contributed by atoms with Gasteiger partial charge in [-0.15, -0.1) is 11.3 Å². The lowest BCUT2D eigenvalue weighted by Crippen LogP contribution is -1.99. The van der Waals surface area contributed by atoms with Gasteiger partial charge in [0.05, 0.1) is 4.88 Å². The Balaban J connectivity index is 2.58. The summed E-state index contributed by atoms with van der Waals surface area (Å²) < 4.78 is 0.925. The molecule has 2 heterocycles. The zero-order valence-electron chi connectivity index (χ0n) is 6.30. The van der Waals surface area contributed by atoms with Crippen molar-refractivity contribution in [3.05, 3.63) is 26.4 Å². The summed E-state index contributed by atoms with van der Waals surface area (Å²) >= 11 is 4.72. The van der Waals surface area contributed by atoms with E-state index in [0.717, 1.165) is 9.35 Å². The Morgan fingerprint density at radius 2 is 2.23 bits per heavy atom. The molecule has 2 aromatic rings. The summed E-state index contributed by atoms with van der Waals surface area (Å²) in [5.74, 6) is -0.126. The maximum absolute atomic E-state index is 10.8. The first-order chi connectivity index (χ1) is 6.16. The van der Waals surface area contributed by atoms with Crippen molar-refractivity contribution in [1.82, 2.24) is 9.97 Å². The van der Waals surface area contributed by atoms with Crippen LogP contribution in [0.15, 0.2) is 20.7 Å². The van der Waals surface area contributed by atoms with E-state index in [9.17, 15) is 9.90 Å². The van der Waals surface area contributed by atoms with E-state index in [1.165, 1.54) is 11.3 Å². The van der Waals surface area contributed by atoms with Crippen LogP contribution in [0.3, 0.4) is 0 Å². The summed E-state index contributed by atoms with van der Waals surface area (Å²) in [6.45, 7) is 0. The van der Waals surface area contributed by atoms with Crippen LogP contribution in [-0.4, -0.2) is 15.1 Å². The van der Waals surface area contributed by atoms with E-state index < -0.39 is 5.69 Å². The Morgan fingerprint density at radius 3 is 2.69 bits per heavy atom. The highest BCUT2D eigenvalue weighted by Gasteiger charge is 2.09. The first-order valence-corrected chi connectivity index (χ1v) is 5.10. The maximum Gasteiger partial charge on any atom is 0.326 e. The van der Waals surface area contributed by atoms with Crippen LogP contribution < -0.4 is 5.69 Å². The van der Waals surface area contributed by atoms with Gasteiger partial charge in [0, 0.05) is 9.85 Å². The van der Waals surface area contributed by atoms with Crippen molar-refractivity contribution >= 4 is 27.3 Å². The van der Waals surface area contributed by atoms with Crippen LogP contribution in [0, 0.1) is 0 Å². The Morgan fingerprint density at radius 1 is 1.46 bits per heavy atom. The standard InChI is InChI=1S/C7H5BrN2O2S/c8-3-1-4(13-2-3)5-6(11)10-7(12)9-5/h1-2,11H,(H2,9,10,12). The van der Waals surface area contributed by atoms with Crippen LogP contribution in [0.1, 0.15) is 0 Å². The zero-order chi connectivity index (χ0) is 9.42. The fraction of sp³-hybridized carbons (Fsp3) is 0. The first-order valence-electron chi connectivity index (χ1n) is 3.42. The zero-order valence-corrected chi connectivity index (χ0v) is 8.70. The molecule has 0 spiro atoms. The van der Waals surface area contributed by atoms with Crippen molar-refractivity contribution in [2.75, 3.05) is 0 Å². The van der Waals surface area contributed by atoms with Crippen LogP contribution >= 0.6 is 27.3 Å². The molecule has 0 bridgehead atoms. The van der Waals surface area contributed by atoms with Crippen molar-refractivity contribution < 1.29 is 5.11 Å². The molecular formula is C7H5BrN2O2S. The van der Waals surface area contributed by atoms with E-state index >= 15 is 0 Å². The summed E-state index contributed by atoms with van der Waals surface area (Å²) in [6, 6.07) is 1.82. The first kappa shape index (κ1) is 8.58. The van der Waals surface area contributed by atoms with Gasteiger partial charge in [0.25, 0.3) is 0 Å². The molecule has 0 unspecified atom stereocenters. The summed E-state index contributed by atoms with van der Waals surface area (Å²) in [5.41, 5.74) is 0.0257. The largest absolute Gasteiger partial charge is 0.493 e. The molecule has 0 saturated carbocycles. The number of aromatic amines is 2.